The van der Waals surface area contributed by atoms with Crippen LogP contribution < -0.4 is 10.2 Å². The third-order valence-corrected chi connectivity index (χ3v) is 3.36. The molecule has 1 heterocycles. The van der Waals surface area contributed by atoms with Crippen molar-refractivity contribution in [2.45, 2.75) is 24.9 Å². The van der Waals surface area contributed by atoms with E-state index in [0.29, 0.717) is 18.5 Å². The summed E-state index contributed by atoms with van der Waals surface area (Å²) in [7, 11) is 0. The molecule has 0 saturated heterocycles. The van der Waals surface area contributed by atoms with Gasteiger partial charge in [0.15, 0.2) is 0 Å². The fourth-order valence-corrected chi connectivity index (χ4v) is 2.38. The molecule has 1 aromatic carbocycles. The molecule has 2 amide bonds. The lowest BCUT2D eigenvalue weighted by Crippen LogP contribution is -2.49. The number of rotatable bonds is 6. The van der Waals surface area contributed by atoms with Gasteiger partial charge in [-0.1, -0.05) is 18.2 Å². The number of aliphatic carboxylic acids is 1. The first-order valence-electron chi connectivity index (χ1n) is 6.41. The maximum atomic E-state index is 12.2. The molecule has 1 aliphatic rings. The molecule has 3 N–H and O–H groups in total. The molecule has 0 bridgehead atoms. The molecule has 7 nitrogen and oxygen atoms in total. The van der Waals surface area contributed by atoms with Crippen LogP contribution >= 0.6 is 0 Å². The summed E-state index contributed by atoms with van der Waals surface area (Å²) >= 11 is 0. The van der Waals surface area contributed by atoms with Gasteiger partial charge in [-0.15, -0.1) is 0 Å². The van der Waals surface area contributed by atoms with Crippen LogP contribution in [-0.2, 0) is 20.8 Å². The summed E-state index contributed by atoms with van der Waals surface area (Å²) in [5.41, 5.74) is 1.56. The maximum absolute atomic E-state index is 12.2. The molecular formula is C14H15N3O4. The van der Waals surface area contributed by atoms with Gasteiger partial charge in [0.1, 0.15) is 6.04 Å². The molecule has 2 rings (SSSR count). The van der Waals surface area contributed by atoms with E-state index in [9.17, 15) is 14.4 Å². The van der Waals surface area contributed by atoms with Gasteiger partial charge in [0, 0.05) is 18.3 Å². The van der Waals surface area contributed by atoms with Crippen LogP contribution in [0, 0.1) is 5.41 Å². The number of carboxylic acids is 1. The van der Waals surface area contributed by atoms with E-state index >= 15 is 0 Å². The molecule has 7 heteroatoms. The van der Waals surface area contributed by atoms with Gasteiger partial charge in [-0.3, -0.25) is 14.4 Å². The van der Waals surface area contributed by atoms with E-state index < -0.39 is 24.0 Å². The highest BCUT2D eigenvalue weighted by molar-refractivity contribution is 5.96. The number of nitrogens with zero attached hydrogens (tertiary/aromatic N) is 1. The number of para-hydroxylation sites is 1. The van der Waals surface area contributed by atoms with Gasteiger partial charge in [-0.25, -0.2) is 0 Å². The minimum atomic E-state index is -1.11. The zero-order valence-corrected chi connectivity index (χ0v) is 11.2. The van der Waals surface area contributed by atoms with Crippen LogP contribution in [0.2, 0.25) is 0 Å². The van der Waals surface area contributed by atoms with Crippen LogP contribution in [0.25, 0.3) is 0 Å². The van der Waals surface area contributed by atoms with Crippen molar-refractivity contribution < 1.29 is 19.5 Å². The van der Waals surface area contributed by atoms with Crippen molar-refractivity contribution in [3.63, 3.8) is 0 Å². The Labute approximate surface area is 121 Å². The first-order chi connectivity index (χ1) is 10.1. The number of nitrogens with one attached hydrogen (secondary N) is 2. The molecule has 110 valence electrons. The number of amides is 2. The van der Waals surface area contributed by atoms with Crippen molar-refractivity contribution in [3.05, 3.63) is 29.8 Å². The minimum Gasteiger partial charge on any atom is -0.481 e. The predicted octanol–water partition coefficient (Wildman–Crippen LogP) is 0.183. The lowest BCUT2D eigenvalue weighted by atomic mass is 10.1. The highest BCUT2D eigenvalue weighted by Crippen LogP contribution is 2.30. The first-order valence-corrected chi connectivity index (χ1v) is 6.41. The Morgan fingerprint density at radius 2 is 2.19 bits per heavy atom. The average Bonchev–Trinajstić information content (AvgIpc) is 2.84. The summed E-state index contributed by atoms with van der Waals surface area (Å²) in [6.07, 6.45) is 1.47. The molecule has 21 heavy (non-hydrogen) atoms. The lowest BCUT2D eigenvalue weighted by Gasteiger charge is -2.22. The molecule has 1 aliphatic heterocycles. The van der Waals surface area contributed by atoms with Crippen LogP contribution in [0.3, 0.4) is 0 Å². The van der Waals surface area contributed by atoms with Crippen LogP contribution in [0.1, 0.15) is 12.0 Å². The van der Waals surface area contributed by atoms with E-state index in [0.717, 1.165) is 11.8 Å². The Kier molecular flexibility index (Phi) is 4.32. The summed E-state index contributed by atoms with van der Waals surface area (Å²) in [6, 6.07) is 5.60. The average molecular weight is 289 g/mol. The first kappa shape index (κ1) is 14.7. The standard InChI is InChI=1S/C14H15N3O4/c15-7-10(6-13(19)20)16-14(21)12-5-9-3-1-2-4-11(9)17(12)8-18/h1-4,7-8,10,12,15H,5-6H2,(H,16,21)(H,19,20). The van der Waals surface area contributed by atoms with Gasteiger partial charge in [0.2, 0.25) is 12.3 Å². The van der Waals surface area contributed by atoms with Crippen molar-refractivity contribution in [1.29, 1.82) is 5.41 Å². The van der Waals surface area contributed by atoms with Gasteiger partial charge in [0.25, 0.3) is 0 Å². The Bertz CT molecular complexity index is 587. The Morgan fingerprint density at radius 1 is 1.48 bits per heavy atom. The van der Waals surface area contributed by atoms with Crippen LogP contribution in [0.4, 0.5) is 5.69 Å². The van der Waals surface area contributed by atoms with E-state index in [1.165, 1.54) is 4.90 Å². The molecule has 1 aromatic rings. The fourth-order valence-electron chi connectivity index (χ4n) is 2.38. The van der Waals surface area contributed by atoms with Crippen molar-refractivity contribution in [2.24, 2.45) is 0 Å². The van der Waals surface area contributed by atoms with Gasteiger partial charge in [0.05, 0.1) is 12.5 Å². The lowest BCUT2D eigenvalue weighted by molar-refractivity contribution is -0.137. The van der Waals surface area contributed by atoms with Crippen LogP contribution in [-0.4, -0.2) is 41.7 Å². The van der Waals surface area contributed by atoms with E-state index in [2.05, 4.69) is 5.32 Å². The summed E-state index contributed by atoms with van der Waals surface area (Å²) in [5, 5.41) is 18.3. The summed E-state index contributed by atoms with van der Waals surface area (Å²) < 4.78 is 0. The summed E-state index contributed by atoms with van der Waals surface area (Å²) in [4.78, 5) is 35.4. The zero-order chi connectivity index (χ0) is 15.4. The normalized spacial score (nSPS) is 17.7. The molecule has 2 atom stereocenters. The molecular weight excluding hydrogens is 274 g/mol. The number of carbonyl (C=O) groups excluding carboxylic acids is 2. The molecule has 0 fully saturated rings. The summed E-state index contributed by atoms with van der Waals surface area (Å²) in [6.45, 7) is 0. The third-order valence-electron chi connectivity index (χ3n) is 3.36. The highest BCUT2D eigenvalue weighted by Gasteiger charge is 2.34. The van der Waals surface area contributed by atoms with Crippen molar-refractivity contribution in [3.8, 4) is 0 Å². The quantitative estimate of drug-likeness (QED) is 0.512. The third kappa shape index (κ3) is 3.07. The van der Waals surface area contributed by atoms with Crippen molar-refractivity contribution in [1.82, 2.24) is 5.32 Å². The fraction of sp³-hybridized carbons (Fsp3) is 0.286. The SMILES string of the molecule is N=CC(CC(=O)O)NC(=O)C1Cc2ccccc2N1C=O. The number of anilines is 1. The van der Waals surface area contributed by atoms with E-state index in [-0.39, 0.29) is 6.42 Å². The smallest absolute Gasteiger partial charge is 0.305 e. The number of benzene rings is 1. The van der Waals surface area contributed by atoms with Gasteiger partial charge in [-0.05, 0) is 11.6 Å². The molecule has 0 aromatic heterocycles. The number of fused-ring (bicyclic) bond motifs is 1. The van der Waals surface area contributed by atoms with E-state index in [1.807, 2.05) is 12.1 Å². The Hall–Kier alpha value is -2.70. The largest absolute Gasteiger partial charge is 0.481 e. The van der Waals surface area contributed by atoms with E-state index in [4.69, 9.17) is 10.5 Å². The van der Waals surface area contributed by atoms with E-state index in [1.54, 1.807) is 12.1 Å². The second-order valence-corrected chi connectivity index (χ2v) is 4.74. The molecule has 2 unspecified atom stereocenters. The van der Waals surface area contributed by atoms with Crippen LogP contribution in [0.5, 0.6) is 0 Å². The minimum absolute atomic E-state index is 0.365. The molecule has 0 saturated carbocycles. The Balaban J connectivity index is 2.12. The predicted molar refractivity (Wildman–Crippen MR) is 75.4 cm³/mol. The van der Waals surface area contributed by atoms with Gasteiger partial charge in [-0.2, -0.15) is 0 Å². The highest BCUT2D eigenvalue weighted by atomic mass is 16.4. The molecule has 0 spiro atoms. The number of carbonyl (C=O) groups is 3. The zero-order valence-electron chi connectivity index (χ0n) is 11.2. The van der Waals surface area contributed by atoms with Crippen LogP contribution in [0.15, 0.2) is 24.3 Å². The van der Waals surface area contributed by atoms with Crippen molar-refractivity contribution >= 4 is 30.2 Å². The molecule has 0 radical (unpaired) electrons. The van der Waals surface area contributed by atoms with Crippen molar-refractivity contribution in [2.75, 3.05) is 4.90 Å². The monoisotopic (exact) mass is 289 g/mol. The van der Waals surface area contributed by atoms with Gasteiger partial charge >= 0.3 is 5.97 Å². The summed E-state index contributed by atoms with van der Waals surface area (Å²) in [5.74, 6) is -1.57. The second-order valence-electron chi connectivity index (χ2n) is 4.74. The Morgan fingerprint density at radius 3 is 2.81 bits per heavy atom. The maximum Gasteiger partial charge on any atom is 0.305 e. The second kappa shape index (κ2) is 6.17. The van der Waals surface area contributed by atoms with Gasteiger partial charge < -0.3 is 20.7 Å². The topological polar surface area (TPSA) is 111 Å². The molecule has 0 aliphatic carbocycles. The number of carboxylic acid groups (broad SMARTS) is 1. The number of hydrogen-bond acceptors (Lipinski definition) is 4. The number of hydrogen-bond donors (Lipinski definition) is 3.